The van der Waals surface area contributed by atoms with Crippen LogP contribution >= 0.6 is 0 Å². The summed E-state index contributed by atoms with van der Waals surface area (Å²) in [6, 6.07) is 60.4. The first kappa shape index (κ1) is 27.2. The minimum Gasteiger partial charge on any atom is -0.309 e. The minimum absolute atomic E-state index is 0.815. The Morgan fingerprint density at radius 2 is 0.860 bits per heavy atom. The summed E-state index contributed by atoms with van der Waals surface area (Å²) >= 11 is 0. The molecule has 0 N–H and O–H groups in total. The molecule has 7 aromatic carbocycles. The number of para-hydroxylation sites is 3. The van der Waals surface area contributed by atoms with Crippen molar-refractivity contribution in [2.45, 2.75) is 0 Å². The van der Waals surface area contributed by atoms with Gasteiger partial charge in [0.1, 0.15) is 5.69 Å². The zero-order valence-electron chi connectivity index (χ0n) is 27.0. The molecule has 4 nitrogen and oxygen atoms in total. The molecule has 11 rings (SSSR count). The van der Waals surface area contributed by atoms with Crippen molar-refractivity contribution in [1.82, 2.24) is 19.1 Å². The second-order valence-corrected chi connectivity index (χ2v) is 12.9. The summed E-state index contributed by atoms with van der Waals surface area (Å²) in [5.41, 5.74) is 15.4. The normalized spacial score (nSPS) is 12.0. The molecule has 0 spiro atoms. The van der Waals surface area contributed by atoms with Gasteiger partial charge >= 0.3 is 0 Å². The van der Waals surface area contributed by atoms with Gasteiger partial charge in [0.2, 0.25) is 0 Å². The number of benzene rings is 7. The Morgan fingerprint density at radius 3 is 1.52 bits per heavy atom. The standard InChI is InChI=1S/C46H28N4/c1-4-15-29(16-5-1)44-46(48-36-25-11-10-24-35(36)47-44)50-39-28-13-22-33-32-21-12-26-37-40(32)42-34(43(41(33)39)45(50)30-17-6-2-7-18-30)23-14-27-38(42)49(37)31-19-8-3-9-20-31/h1-28H. The van der Waals surface area contributed by atoms with E-state index in [0.717, 1.165) is 50.6 Å². The first-order valence-electron chi connectivity index (χ1n) is 17.0. The largest absolute Gasteiger partial charge is 0.309 e. The highest BCUT2D eigenvalue weighted by atomic mass is 15.1. The molecule has 0 unspecified atom stereocenters. The second-order valence-electron chi connectivity index (χ2n) is 12.9. The first-order chi connectivity index (χ1) is 24.8. The van der Waals surface area contributed by atoms with E-state index in [1.807, 2.05) is 18.2 Å². The average Bonchev–Trinajstić information content (AvgIpc) is 3.68. The zero-order chi connectivity index (χ0) is 32.8. The highest BCUT2D eigenvalue weighted by Crippen LogP contribution is 2.54. The van der Waals surface area contributed by atoms with Crippen LogP contribution in [0.3, 0.4) is 0 Å². The highest BCUT2D eigenvalue weighted by molar-refractivity contribution is 6.29. The maximum absolute atomic E-state index is 5.45. The molecule has 0 atom stereocenters. The van der Waals surface area contributed by atoms with E-state index in [-0.39, 0.29) is 0 Å². The van der Waals surface area contributed by atoms with Crippen molar-refractivity contribution < 1.29 is 0 Å². The fourth-order valence-electron chi connectivity index (χ4n) is 8.25. The summed E-state index contributed by atoms with van der Waals surface area (Å²) in [5.74, 6) is 0.815. The van der Waals surface area contributed by atoms with Crippen LogP contribution in [0, 0.1) is 0 Å². The summed E-state index contributed by atoms with van der Waals surface area (Å²) < 4.78 is 4.80. The predicted octanol–water partition coefficient (Wildman–Crippen LogP) is 11.7. The van der Waals surface area contributed by atoms with Gasteiger partial charge in [0.15, 0.2) is 5.82 Å². The second kappa shape index (κ2) is 10.4. The SMILES string of the molecule is c1ccc(-c2nc3ccccc3nc2-n2c(-c3ccccc3)c3c4c(cccc42)-c2cccc4c2c2c-3cccc2n4-c2ccccc2)cc1. The van der Waals surface area contributed by atoms with Crippen molar-refractivity contribution in [3.63, 3.8) is 0 Å². The van der Waals surface area contributed by atoms with E-state index in [1.54, 1.807) is 0 Å². The summed E-state index contributed by atoms with van der Waals surface area (Å²) in [5, 5.41) is 3.77. The summed E-state index contributed by atoms with van der Waals surface area (Å²) in [6.07, 6.45) is 0. The molecule has 3 heterocycles. The van der Waals surface area contributed by atoms with Crippen LogP contribution in [0.2, 0.25) is 0 Å². The summed E-state index contributed by atoms with van der Waals surface area (Å²) in [6.45, 7) is 0. The molecule has 0 saturated carbocycles. The highest BCUT2D eigenvalue weighted by Gasteiger charge is 2.31. The van der Waals surface area contributed by atoms with Gasteiger partial charge in [-0.2, -0.15) is 0 Å². The Balaban J connectivity index is 1.36. The van der Waals surface area contributed by atoms with Crippen LogP contribution in [0.4, 0.5) is 0 Å². The number of hydrogen-bond donors (Lipinski definition) is 0. The average molecular weight is 637 g/mol. The number of hydrogen-bond acceptors (Lipinski definition) is 2. The topological polar surface area (TPSA) is 35.6 Å². The molecule has 0 fully saturated rings. The monoisotopic (exact) mass is 636 g/mol. The molecule has 232 valence electrons. The van der Waals surface area contributed by atoms with Gasteiger partial charge in [-0.15, -0.1) is 0 Å². The van der Waals surface area contributed by atoms with E-state index in [4.69, 9.17) is 9.97 Å². The number of nitrogens with zero attached hydrogens (tertiary/aromatic N) is 4. The molecule has 1 aliphatic carbocycles. The van der Waals surface area contributed by atoms with Crippen LogP contribution in [0.5, 0.6) is 0 Å². The molecule has 0 aliphatic heterocycles. The van der Waals surface area contributed by atoms with Gasteiger partial charge in [-0.1, -0.05) is 127 Å². The van der Waals surface area contributed by atoms with E-state index in [1.165, 1.54) is 49.4 Å². The van der Waals surface area contributed by atoms with E-state index >= 15 is 0 Å². The lowest BCUT2D eigenvalue weighted by Crippen LogP contribution is -2.05. The maximum Gasteiger partial charge on any atom is 0.165 e. The van der Waals surface area contributed by atoms with Crippen molar-refractivity contribution in [2.75, 3.05) is 0 Å². The molecule has 3 aromatic heterocycles. The van der Waals surface area contributed by atoms with E-state index in [9.17, 15) is 0 Å². The molecule has 0 radical (unpaired) electrons. The van der Waals surface area contributed by atoms with Crippen molar-refractivity contribution in [3.8, 4) is 56.3 Å². The molecule has 4 heteroatoms. The summed E-state index contributed by atoms with van der Waals surface area (Å²) in [4.78, 5) is 10.8. The maximum atomic E-state index is 5.45. The lowest BCUT2D eigenvalue weighted by Gasteiger charge is -2.17. The Bertz CT molecular complexity index is 2960. The fraction of sp³-hybridized carbons (Fsp3) is 0. The van der Waals surface area contributed by atoms with Crippen LogP contribution < -0.4 is 0 Å². The van der Waals surface area contributed by atoms with Crippen molar-refractivity contribution >= 4 is 43.7 Å². The van der Waals surface area contributed by atoms with E-state index in [0.29, 0.717) is 0 Å². The van der Waals surface area contributed by atoms with Crippen LogP contribution in [0.25, 0.3) is 100 Å². The van der Waals surface area contributed by atoms with Gasteiger partial charge in [-0.05, 0) is 64.7 Å². The lowest BCUT2D eigenvalue weighted by atomic mass is 9.95. The summed E-state index contributed by atoms with van der Waals surface area (Å²) in [7, 11) is 0. The quantitative estimate of drug-likeness (QED) is 0.193. The van der Waals surface area contributed by atoms with Gasteiger partial charge < -0.3 is 4.57 Å². The molecular formula is C46H28N4. The Labute approximate surface area is 288 Å². The van der Waals surface area contributed by atoms with E-state index in [2.05, 4.69) is 161 Å². The fourth-order valence-corrected chi connectivity index (χ4v) is 8.25. The molecule has 0 saturated heterocycles. The third-order valence-corrected chi connectivity index (χ3v) is 10.2. The number of aromatic nitrogens is 4. The van der Waals surface area contributed by atoms with E-state index < -0.39 is 0 Å². The van der Waals surface area contributed by atoms with Gasteiger partial charge in [0, 0.05) is 33.0 Å². The molecule has 0 bridgehead atoms. The van der Waals surface area contributed by atoms with Crippen molar-refractivity contribution in [1.29, 1.82) is 0 Å². The Morgan fingerprint density at radius 1 is 0.360 bits per heavy atom. The van der Waals surface area contributed by atoms with Gasteiger partial charge in [-0.3, -0.25) is 4.57 Å². The third kappa shape index (κ3) is 3.70. The van der Waals surface area contributed by atoms with Gasteiger partial charge in [0.05, 0.1) is 33.3 Å². The molecule has 10 aromatic rings. The number of fused-ring (bicyclic) bond motifs is 3. The molecule has 1 aliphatic rings. The van der Waals surface area contributed by atoms with Crippen molar-refractivity contribution in [3.05, 3.63) is 170 Å². The molecular weight excluding hydrogens is 609 g/mol. The number of rotatable bonds is 4. The lowest BCUT2D eigenvalue weighted by molar-refractivity contribution is 1.05. The smallest absolute Gasteiger partial charge is 0.165 e. The van der Waals surface area contributed by atoms with Crippen LogP contribution in [0.15, 0.2) is 170 Å². The van der Waals surface area contributed by atoms with Crippen molar-refractivity contribution in [2.24, 2.45) is 0 Å². The minimum atomic E-state index is 0.815. The van der Waals surface area contributed by atoms with Gasteiger partial charge in [0.25, 0.3) is 0 Å². The zero-order valence-corrected chi connectivity index (χ0v) is 27.0. The van der Waals surface area contributed by atoms with Crippen LogP contribution in [-0.4, -0.2) is 19.1 Å². The molecule has 0 amide bonds. The third-order valence-electron chi connectivity index (χ3n) is 10.2. The Hall–Kier alpha value is -6.78. The van der Waals surface area contributed by atoms with Crippen LogP contribution in [0.1, 0.15) is 0 Å². The molecule has 50 heavy (non-hydrogen) atoms. The first-order valence-corrected chi connectivity index (χ1v) is 17.0. The van der Waals surface area contributed by atoms with Gasteiger partial charge in [-0.25, -0.2) is 9.97 Å². The Kier molecular flexibility index (Phi) is 5.63. The predicted molar refractivity (Wildman–Crippen MR) is 206 cm³/mol. The van der Waals surface area contributed by atoms with Crippen LogP contribution in [-0.2, 0) is 0 Å².